The van der Waals surface area contributed by atoms with Crippen molar-refractivity contribution < 1.29 is 18.0 Å². The molecular weight excluding hydrogens is 510 g/mol. The second-order valence-electron chi connectivity index (χ2n) is 10.1. The minimum Gasteiger partial charge on any atom is -0.352 e. The SMILES string of the molecule is CC[C@@H](C(=O)NC(C)C)N(CCc1ccccc1)C(=O)CN(c1cccc(C)c1)S(=O)(=O)c1ccc(C)cc1. The Morgan fingerprint density at radius 1 is 0.872 bits per heavy atom. The van der Waals surface area contributed by atoms with Gasteiger partial charge in [-0.3, -0.25) is 13.9 Å². The molecule has 3 aromatic rings. The molecule has 0 saturated carbocycles. The van der Waals surface area contributed by atoms with E-state index in [-0.39, 0.29) is 23.4 Å². The molecule has 0 aliphatic carbocycles. The van der Waals surface area contributed by atoms with Crippen LogP contribution in [-0.2, 0) is 26.0 Å². The van der Waals surface area contributed by atoms with E-state index in [1.807, 2.05) is 71.0 Å². The number of benzene rings is 3. The first kappa shape index (κ1) is 29.9. The molecule has 1 atom stereocenters. The molecule has 0 spiro atoms. The van der Waals surface area contributed by atoms with Crippen molar-refractivity contribution in [2.75, 3.05) is 17.4 Å². The number of nitrogens with zero attached hydrogens (tertiary/aromatic N) is 2. The molecule has 2 amide bonds. The summed E-state index contributed by atoms with van der Waals surface area (Å²) in [6.45, 7) is 9.20. The van der Waals surface area contributed by atoms with Gasteiger partial charge in [0.15, 0.2) is 0 Å². The highest BCUT2D eigenvalue weighted by Gasteiger charge is 2.33. The fourth-order valence-electron chi connectivity index (χ4n) is 4.43. The van der Waals surface area contributed by atoms with Gasteiger partial charge in [-0.25, -0.2) is 8.42 Å². The van der Waals surface area contributed by atoms with Gasteiger partial charge < -0.3 is 10.2 Å². The van der Waals surface area contributed by atoms with Crippen molar-refractivity contribution in [2.24, 2.45) is 0 Å². The minimum absolute atomic E-state index is 0.0941. The molecule has 0 saturated heterocycles. The molecular formula is C31H39N3O4S. The molecule has 1 N–H and O–H groups in total. The van der Waals surface area contributed by atoms with Crippen LogP contribution in [-0.4, -0.2) is 50.3 Å². The molecule has 3 aromatic carbocycles. The summed E-state index contributed by atoms with van der Waals surface area (Å²) in [5.41, 5.74) is 3.22. The van der Waals surface area contributed by atoms with Crippen LogP contribution < -0.4 is 9.62 Å². The van der Waals surface area contributed by atoms with Crippen LogP contribution in [0, 0.1) is 13.8 Å². The van der Waals surface area contributed by atoms with Gasteiger partial charge in [0.25, 0.3) is 10.0 Å². The predicted octanol–water partition coefficient (Wildman–Crippen LogP) is 4.87. The number of aryl methyl sites for hydroxylation is 2. The van der Waals surface area contributed by atoms with E-state index in [2.05, 4.69) is 5.32 Å². The van der Waals surface area contributed by atoms with Crippen molar-refractivity contribution in [3.8, 4) is 0 Å². The smallest absolute Gasteiger partial charge is 0.264 e. The normalized spacial score (nSPS) is 12.2. The Morgan fingerprint density at radius 3 is 2.13 bits per heavy atom. The molecule has 0 aliphatic heterocycles. The average Bonchev–Trinajstić information content (AvgIpc) is 2.89. The standard InChI is InChI=1S/C31H39N3O4S/c1-6-29(31(36)32-23(2)3)33(20-19-26-12-8-7-9-13-26)30(35)22-34(27-14-10-11-25(5)21-27)39(37,38)28-17-15-24(4)16-18-28/h7-18,21,23,29H,6,19-20,22H2,1-5H3,(H,32,36)/t29-/m0/s1. The monoisotopic (exact) mass is 549 g/mol. The quantitative estimate of drug-likeness (QED) is 0.349. The van der Waals surface area contributed by atoms with Crippen molar-refractivity contribution in [3.05, 3.63) is 95.6 Å². The molecule has 0 radical (unpaired) electrons. The summed E-state index contributed by atoms with van der Waals surface area (Å²) in [5, 5.41) is 2.92. The Kier molecular flexibility index (Phi) is 10.3. The lowest BCUT2D eigenvalue weighted by atomic mass is 10.1. The number of amides is 2. The van der Waals surface area contributed by atoms with E-state index in [0.29, 0.717) is 18.5 Å². The van der Waals surface area contributed by atoms with Crippen molar-refractivity contribution in [1.82, 2.24) is 10.2 Å². The van der Waals surface area contributed by atoms with Crippen LogP contribution in [0.1, 0.15) is 43.9 Å². The molecule has 0 fully saturated rings. The van der Waals surface area contributed by atoms with Gasteiger partial charge in [0, 0.05) is 12.6 Å². The first-order valence-corrected chi connectivity index (χ1v) is 14.8. The van der Waals surface area contributed by atoms with Crippen LogP contribution >= 0.6 is 0 Å². The molecule has 3 rings (SSSR count). The lowest BCUT2D eigenvalue weighted by Crippen LogP contribution is -2.54. The van der Waals surface area contributed by atoms with Gasteiger partial charge in [0.2, 0.25) is 11.8 Å². The van der Waals surface area contributed by atoms with Gasteiger partial charge in [-0.15, -0.1) is 0 Å². The van der Waals surface area contributed by atoms with E-state index in [1.54, 1.807) is 42.5 Å². The third kappa shape index (κ3) is 7.93. The number of carbonyl (C=O) groups is 2. The highest BCUT2D eigenvalue weighted by molar-refractivity contribution is 7.92. The fourth-order valence-corrected chi connectivity index (χ4v) is 5.83. The van der Waals surface area contributed by atoms with Crippen LogP contribution in [0.15, 0.2) is 83.8 Å². The number of hydrogen-bond donors (Lipinski definition) is 1. The van der Waals surface area contributed by atoms with E-state index in [4.69, 9.17) is 0 Å². The van der Waals surface area contributed by atoms with Gasteiger partial charge in [-0.2, -0.15) is 0 Å². The largest absolute Gasteiger partial charge is 0.352 e. The molecule has 0 aliphatic rings. The topological polar surface area (TPSA) is 86.8 Å². The minimum atomic E-state index is -4.07. The Hall–Kier alpha value is -3.65. The summed E-state index contributed by atoms with van der Waals surface area (Å²) < 4.78 is 28.9. The summed E-state index contributed by atoms with van der Waals surface area (Å²) in [6, 6.07) is 22.5. The summed E-state index contributed by atoms with van der Waals surface area (Å²) in [6.07, 6.45) is 0.932. The summed E-state index contributed by atoms with van der Waals surface area (Å²) in [5.74, 6) is -0.689. The Labute approximate surface area is 232 Å². The third-order valence-electron chi connectivity index (χ3n) is 6.48. The van der Waals surface area contributed by atoms with Crippen LogP contribution in [0.2, 0.25) is 0 Å². The molecule has 39 heavy (non-hydrogen) atoms. The van der Waals surface area contributed by atoms with Gasteiger partial charge in [-0.05, 0) is 75.9 Å². The van der Waals surface area contributed by atoms with E-state index < -0.39 is 28.5 Å². The van der Waals surface area contributed by atoms with Crippen molar-refractivity contribution >= 4 is 27.5 Å². The Balaban J connectivity index is 2.01. The maximum atomic E-state index is 14.0. The van der Waals surface area contributed by atoms with Gasteiger partial charge in [0.1, 0.15) is 12.6 Å². The van der Waals surface area contributed by atoms with Gasteiger partial charge in [0.05, 0.1) is 10.6 Å². The summed E-state index contributed by atoms with van der Waals surface area (Å²) in [7, 11) is -4.07. The number of rotatable bonds is 12. The van der Waals surface area contributed by atoms with E-state index in [9.17, 15) is 18.0 Å². The summed E-state index contributed by atoms with van der Waals surface area (Å²) in [4.78, 5) is 28.8. The lowest BCUT2D eigenvalue weighted by molar-refractivity contribution is -0.139. The van der Waals surface area contributed by atoms with Crippen molar-refractivity contribution in [1.29, 1.82) is 0 Å². The van der Waals surface area contributed by atoms with Crippen molar-refractivity contribution in [2.45, 2.75) is 64.4 Å². The molecule has 208 valence electrons. The molecule has 0 unspecified atom stereocenters. The maximum Gasteiger partial charge on any atom is 0.264 e. The van der Waals surface area contributed by atoms with Crippen molar-refractivity contribution in [3.63, 3.8) is 0 Å². The maximum absolute atomic E-state index is 14.0. The average molecular weight is 550 g/mol. The molecule has 0 aromatic heterocycles. The predicted molar refractivity (Wildman–Crippen MR) is 156 cm³/mol. The second-order valence-corrected chi connectivity index (χ2v) is 11.9. The third-order valence-corrected chi connectivity index (χ3v) is 8.27. The van der Waals surface area contributed by atoms with Crippen LogP contribution in [0.5, 0.6) is 0 Å². The Bertz CT molecular complexity index is 1360. The number of nitrogens with one attached hydrogen (secondary N) is 1. The van der Waals surface area contributed by atoms with Crippen LogP contribution in [0.3, 0.4) is 0 Å². The number of carbonyl (C=O) groups excluding carboxylic acids is 2. The number of hydrogen-bond acceptors (Lipinski definition) is 4. The molecule has 8 heteroatoms. The molecule has 7 nitrogen and oxygen atoms in total. The van der Waals surface area contributed by atoms with E-state index in [1.165, 1.54) is 4.90 Å². The molecule has 0 bridgehead atoms. The summed E-state index contributed by atoms with van der Waals surface area (Å²) >= 11 is 0. The number of sulfonamides is 1. The molecule has 0 heterocycles. The van der Waals surface area contributed by atoms with Gasteiger partial charge >= 0.3 is 0 Å². The van der Waals surface area contributed by atoms with Crippen LogP contribution in [0.25, 0.3) is 0 Å². The number of anilines is 1. The highest BCUT2D eigenvalue weighted by atomic mass is 32.2. The zero-order valence-corrected chi connectivity index (χ0v) is 24.2. The zero-order chi connectivity index (χ0) is 28.6. The Morgan fingerprint density at radius 2 is 1.54 bits per heavy atom. The first-order valence-electron chi connectivity index (χ1n) is 13.3. The van der Waals surface area contributed by atoms with E-state index in [0.717, 1.165) is 21.0 Å². The highest BCUT2D eigenvalue weighted by Crippen LogP contribution is 2.25. The first-order chi connectivity index (χ1) is 18.5. The second kappa shape index (κ2) is 13.4. The lowest BCUT2D eigenvalue weighted by Gasteiger charge is -2.33. The zero-order valence-electron chi connectivity index (χ0n) is 23.4. The van der Waals surface area contributed by atoms with Gasteiger partial charge in [-0.1, -0.05) is 67.1 Å². The van der Waals surface area contributed by atoms with Crippen LogP contribution in [0.4, 0.5) is 5.69 Å². The fraction of sp³-hybridized carbons (Fsp3) is 0.355. The van der Waals surface area contributed by atoms with E-state index >= 15 is 0 Å².